The fourth-order valence-electron chi connectivity index (χ4n) is 5.34. The van der Waals surface area contributed by atoms with Crippen LogP contribution in [0.2, 0.25) is 0 Å². The lowest BCUT2D eigenvalue weighted by atomic mass is 10.1. The number of carboxylic acids is 1. The SMILES string of the molecule is CC1=CC[C@H](C)C1.CC1CC[C@H](C)C1.C[C@@H]1CC[C@H](C)C1.N[C@H]1CCC(C(=O)O)C1. The molecular weight excluding hydrogens is 370 g/mol. The van der Waals surface area contributed by atoms with Crippen molar-refractivity contribution >= 4 is 5.97 Å². The molecule has 0 radical (unpaired) electrons. The van der Waals surface area contributed by atoms with Gasteiger partial charge in [0.15, 0.2) is 0 Å². The van der Waals surface area contributed by atoms with Crippen LogP contribution in [0.25, 0.3) is 0 Å². The van der Waals surface area contributed by atoms with Crippen LogP contribution < -0.4 is 5.73 Å². The van der Waals surface area contributed by atoms with Crippen LogP contribution in [0.1, 0.15) is 112 Å². The van der Waals surface area contributed by atoms with Gasteiger partial charge in [-0.15, -0.1) is 0 Å². The molecule has 0 heterocycles. The normalized spacial score (nSPS) is 37.2. The van der Waals surface area contributed by atoms with Crippen molar-refractivity contribution in [1.82, 2.24) is 0 Å². The second-order valence-corrected chi connectivity index (χ2v) is 11.3. The van der Waals surface area contributed by atoms with Crippen LogP contribution in [0.4, 0.5) is 0 Å². The molecule has 0 aromatic carbocycles. The molecule has 0 aromatic rings. The van der Waals surface area contributed by atoms with E-state index in [1.165, 1.54) is 51.4 Å². The van der Waals surface area contributed by atoms with Gasteiger partial charge in [-0.2, -0.15) is 0 Å². The van der Waals surface area contributed by atoms with Crippen LogP contribution in [-0.4, -0.2) is 17.1 Å². The first-order valence-electron chi connectivity index (χ1n) is 12.7. The van der Waals surface area contributed by atoms with Gasteiger partial charge in [-0.05, 0) is 81.5 Å². The van der Waals surface area contributed by atoms with E-state index in [4.69, 9.17) is 10.8 Å². The van der Waals surface area contributed by atoms with Crippen molar-refractivity contribution in [2.75, 3.05) is 0 Å². The monoisotopic (exact) mass is 421 g/mol. The summed E-state index contributed by atoms with van der Waals surface area (Å²) in [5.41, 5.74) is 7.08. The van der Waals surface area contributed by atoms with Gasteiger partial charge in [0.1, 0.15) is 0 Å². The highest BCUT2D eigenvalue weighted by Crippen LogP contribution is 2.29. The molecule has 4 aliphatic rings. The predicted octanol–water partition coefficient (Wildman–Crippen LogP) is 7.45. The van der Waals surface area contributed by atoms with Crippen molar-refractivity contribution in [3.05, 3.63) is 11.6 Å². The van der Waals surface area contributed by atoms with E-state index in [1.807, 2.05) is 0 Å². The lowest BCUT2D eigenvalue weighted by Crippen LogP contribution is -2.17. The third kappa shape index (κ3) is 12.1. The van der Waals surface area contributed by atoms with Crippen molar-refractivity contribution in [2.24, 2.45) is 41.2 Å². The molecule has 0 amide bonds. The molecule has 3 heteroatoms. The third-order valence-electron chi connectivity index (χ3n) is 7.28. The van der Waals surface area contributed by atoms with Gasteiger partial charge >= 0.3 is 5.97 Å². The number of rotatable bonds is 1. The maximum absolute atomic E-state index is 10.3. The van der Waals surface area contributed by atoms with E-state index in [9.17, 15) is 4.79 Å². The molecule has 4 aliphatic carbocycles. The second-order valence-electron chi connectivity index (χ2n) is 11.3. The number of allylic oxidation sites excluding steroid dienone is 2. The molecule has 3 saturated carbocycles. The highest BCUT2D eigenvalue weighted by atomic mass is 16.4. The summed E-state index contributed by atoms with van der Waals surface area (Å²) in [6, 6.07) is 0.131. The molecule has 3 fully saturated rings. The summed E-state index contributed by atoms with van der Waals surface area (Å²) < 4.78 is 0. The topological polar surface area (TPSA) is 63.3 Å². The van der Waals surface area contributed by atoms with E-state index in [1.54, 1.807) is 5.57 Å². The zero-order valence-corrected chi connectivity index (χ0v) is 20.8. The lowest BCUT2D eigenvalue weighted by Gasteiger charge is -1.99. The molecule has 3 nitrogen and oxygen atoms in total. The van der Waals surface area contributed by atoms with Crippen LogP contribution in [0.15, 0.2) is 11.6 Å². The van der Waals surface area contributed by atoms with Crippen molar-refractivity contribution in [1.29, 1.82) is 0 Å². The smallest absolute Gasteiger partial charge is 0.306 e. The largest absolute Gasteiger partial charge is 0.481 e. The molecule has 30 heavy (non-hydrogen) atoms. The van der Waals surface area contributed by atoms with Gasteiger partial charge in [-0.3, -0.25) is 4.79 Å². The quantitative estimate of drug-likeness (QED) is 0.432. The minimum Gasteiger partial charge on any atom is -0.481 e. The van der Waals surface area contributed by atoms with Gasteiger partial charge < -0.3 is 10.8 Å². The van der Waals surface area contributed by atoms with E-state index in [-0.39, 0.29) is 12.0 Å². The summed E-state index contributed by atoms with van der Waals surface area (Å²) in [6.07, 6.45) is 16.1. The molecule has 0 saturated heterocycles. The summed E-state index contributed by atoms with van der Waals surface area (Å²) in [5.74, 6) is 4.16. The number of hydrogen-bond acceptors (Lipinski definition) is 2. The average molecular weight is 422 g/mol. The molecule has 3 N–H and O–H groups in total. The van der Waals surface area contributed by atoms with Gasteiger partial charge in [0.2, 0.25) is 0 Å². The molecule has 2 unspecified atom stereocenters. The minimum atomic E-state index is -0.692. The summed E-state index contributed by atoms with van der Waals surface area (Å²) in [6.45, 7) is 13.9. The Bertz CT molecular complexity index is 481. The van der Waals surface area contributed by atoms with Crippen molar-refractivity contribution in [3.63, 3.8) is 0 Å². The third-order valence-corrected chi connectivity index (χ3v) is 7.28. The highest BCUT2D eigenvalue weighted by Gasteiger charge is 2.26. The van der Waals surface area contributed by atoms with Gasteiger partial charge in [0.05, 0.1) is 5.92 Å². The van der Waals surface area contributed by atoms with Crippen molar-refractivity contribution in [3.8, 4) is 0 Å². The minimum absolute atomic E-state index is 0.131. The Kier molecular flexibility index (Phi) is 12.9. The maximum atomic E-state index is 10.3. The first kappa shape index (κ1) is 27.2. The number of hydrogen-bond donors (Lipinski definition) is 2. The zero-order valence-electron chi connectivity index (χ0n) is 20.8. The number of nitrogens with two attached hydrogens (primary N) is 1. The lowest BCUT2D eigenvalue weighted by molar-refractivity contribution is -0.141. The molecule has 7 atom stereocenters. The Morgan fingerprint density at radius 3 is 1.40 bits per heavy atom. The fraction of sp³-hybridized carbons (Fsp3) is 0.889. The first-order valence-corrected chi connectivity index (χ1v) is 12.7. The van der Waals surface area contributed by atoms with Crippen LogP contribution >= 0.6 is 0 Å². The number of aliphatic carboxylic acids is 1. The Hall–Kier alpha value is -0.830. The molecule has 0 aliphatic heterocycles. The van der Waals surface area contributed by atoms with E-state index in [0.29, 0.717) is 6.42 Å². The molecular formula is C27H51NO2. The van der Waals surface area contributed by atoms with Gasteiger partial charge in [0, 0.05) is 6.04 Å². The molecule has 4 rings (SSSR count). The standard InChI is InChI=1S/2C7H14.C7H12.C6H11NO2/c3*1-6-3-4-7(2)5-6;7-5-2-1-4(3-5)6(8)9/h2*6-7H,3-5H2,1-2H3;3,7H,4-5H2,1-2H3;4-5H,1-3,7H2,(H,8,9)/t6-,7?;6-,7+;7-;4?,5-/m0.00/s1. The van der Waals surface area contributed by atoms with E-state index in [2.05, 4.69) is 47.6 Å². The highest BCUT2D eigenvalue weighted by molar-refractivity contribution is 5.70. The summed E-state index contributed by atoms with van der Waals surface area (Å²) in [7, 11) is 0. The molecule has 0 aromatic heterocycles. The Balaban J connectivity index is 0.000000201. The predicted molar refractivity (Wildman–Crippen MR) is 129 cm³/mol. The van der Waals surface area contributed by atoms with Crippen LogP contribution in [0.3, 0.4) is 0 Å². The maximum Gasteiger partial charge on any atom is 0.306 e. The van der Waals surface area contributed by atoms with E-state index in [0.717, 1.165) is 42.4 Å². The zero-order chi connectivity index (χ0) is 22.7. The van der Waals surface area contributed by atoms with Gasteiger partial charge in [-0.1, -0.05) is 72.0 Å². The Morgan fingerprint density at radius 2 is 1.27 bits per heavy atom. The van der Waals surface area contributed by atoms with Crippen LogP contribution in [0, 0.1) is 35.5 Å². The van der Waals surface area contributed by atoms with Crippen LogP contribution in [0.5, 0.6) is 0 Å². The van der Waals surface area contributed by atoms with Gasteiger partial charge in [-0.25, -0.2) is 0 Å². The van der Waals surface area contributed by atoms with E-state index < -0.39 is 5.97 Å². The Labute approximate surface area is 187 Å². The van der Waals surface area contributed by atoms with Crippen molar-refractivity contribution < 1.29 is 9.90 Å². The molecule has 0 bridgehead atoms. The summed E-state index contributed by atoms with van der Waals surface area (Å²) >= 11 is 0. The molecule has 176 valence electrons. The summed E-state index contributed by atoms with van der Waals surface area (Å²) in [4.78, 5) is 10.3. The summed E-state index contributed by atoms with van der Waals surface area (Å²) in [5, 5.41) is 8.48. The first-order chi connectivity index (χ1) is 14.1. The number of carbonyl (C=O) groups is 1. The van der Waals surface area contributed by atoms with E-state index >= 15 is 0 Å². The fourth-order valence-corrected chi connectivity index (χ4v) is 5.34. The Morgan fingerprint density at radius 1 is 0.800 bits per heavy atom. The van der Waals surface area contributed by atoms with Gasteiger partial charge in [0.25, 0.3) is 0 Å². The van der Waals surface area contributed by atoms with Crippen molar-refractivity contribution in [2.45, 2.75) is 118 Å². The second kappa shape index (κ2) is 14.3. The number of carboxylic acid groups (broad SMARTS) is 1. The molecule has 0 spiro atoms. The van der Waals surface area contributed by atoms with Crippen LogP contribution in [-0.2, 0) is 4.79 Å². The average Bonchev–Trinajstić information content (AvgIpc) is 3.43.